The van der Waals surface area contributed by atoms with Crippen LogP contribution in [0.3, 0.4) is 0 Å². The van der Waals surface area contributed by atoms with E-state index in [1.54, 1.807) is 32.6 Å². The van der Waals surface area contributed by atoms with E-state index in [1.807, 2.05) is 13.8 Å². The van der Waals surface area contributed by atoms with Crippen LogP contribution in [0.2, 0.25) is 0 Å². The van der Waals surface area contributed by atoms with E-state index >= 15 is 0 Å². The molecule has 11 heteroatoms. The maximum atomic E-state index is 13.0. The Morgan fingerprint density at radius 3 is 1.22 bits per heavy atom. The molecule has 0 radical (unpaired) electrons. The van der Waals surface area contributed by atoms with Gasteiger partial charge in [-0.2, -0.15) is 0 Å². The molecule has 0 aromatic heterocycles. The van der Waals surface area contributed by atoms with E-state index in [2.05, 4.69) is 6.58 Å². The Labute approximate surface area is 169 Å². The van der Waals surface area contributed by atoms with Gasteiger partial charge in [-0.25, -0.2) is 0 Å². The molecule has 0 aliphatic rings. The first kappa shape index (κ1) is 27.5. The summed E-state index contributed by atoms with van der Waals surface area (Å²) in [5.74, 6) is -1.57. The fourth-order valence-corrected chi connectivity index (χ4v) is 10.1. The molecule has 0 aromatic rings. The van der Waals surface area contributed by atoms with Crippen molar-refractivity contribution in [1.82, 2.24) is 0 Å². The van der Waals surface area contributed by atoms with Gasteiger partial charge < -0.3 is 0 Å². The third-order valence-electron chi connectivity index (χ3n) is 3.24. The molecule has 0 bridgehead atoms. The topological polar surface area (TPSA) is 89.5 Å². The zero-order valence-corrected chi connectivity index (χ0v) is 21.0. The average Bonchev–Trinajstić information content (AvgIpc) is 2.62. The third kappa shape index (κ3) is 8.82. The summed E-state index contributed by atoms with van der Waals surface area (Å²) in [7, 11) is -6.92. The van der Waals surface area contributed by atoms with E-state index in [1.165, 1.54) is 0 Å². The normalized spacial score (nSPS) is 16.1. The summed E-state index contributed by atoms with van der Waals surface area (Å²) in [6.07, 6.45) is 0.816. The van der Waals surface area contributed by atoms with Crippen molar-refractivity contribution in [2.45, 2.75) is 66.1 Å². The second-order valence-corrected chi connectivity index (χ2v) is 12.3. The first-order valence-electron chi connectivity index (χ1n) is 9.33. The standard InChI is InChI=1S/C16H35AsO8P2/c1-8-15(26(18,20-11-4)21-12-5)24-17(10-3)25-16(9-2)27(19,22-13-6)23-14-7/h10,15-16H,3,8-9,11-14H2,1-2,4-7H3. The molecule has 2 atom stereocenters. The maximum absolute atomic E-state index is 13.0. The predicted molar refractivity (Wildman–Crippen MR) is 108 cm³/mol. The summed E-state index contributed by atoms with van der Waals surface area (Å²) < 4.78 is 59.5. The van der Waals surface area contributed by atoms with Crippen molar-refractivity contribution in [1.29, 1.82) is 0 Å². The van der Waals surface area contributed by atoms with Gasteiger partial charge in [-0.15, -0.1) is 0 Å². The van der Waals surface area contributed by atoms with Gasteiger partial charge >= 0.3 is 169 Å². The van der Waals surface area contributed by atoms with Crippen molar-refractivity contribution in [2.24, 2.45) is 0 Å². The monoisotopic (exact) mass is 492 g/mol. The molecule has 8 nitrogen and oxygen atoms in total. The summed E-state index contributed by atoms with van der Waals surface area (Å²) in [5.41, 5.74) is 0. The zero-order chi connectivity index (χ0) is 20.9. The van der Waals surface area contributed by atoms with Crippen molar-refractivity contribution in [2.75, 3.05) is 26.4 Å². The molecule has 0 spiro atoms. The fraction of sp³-hybridized carbons (Fsp3) is 0.875. The van der Waals surface area contributed by atoms with Gasteiger partial charge in [0.2, 0.25) is 0 Å². The van der Waals surface area contributed by atoms with Crippen LogP contribution in [0, 0.1) is 0 Å². The molecule has 0 saturated carbocycles. The minimum atomic E-state index is -3.46. The second kappa shape index (κ2) is 14.5. The van der Waals surface area contributed by atoms with Crippen LogP contribution < -0.4 is 0 Å². The summed E-state index contributed by atoms with van der Waals surface area (Å²) in [4.78, 5) is 1.54. The first-order chi connectivity index (χ1) is 12.8. The summed E-state index contributed by atoms with van der Waals surface area (Å²) in [6, 6.07) is 0. The molecule has 0 fully saturated rings. The first-order valence-corrected chi connectivity index (χ1v) is 15.2. The minimum absolute atomic E-state index is 0.237. The molecular weight excluding hydrogens is 457 g/mol. The van der Waals surface area contributed by atoms with Crippen LogP contribution in [0.1, 0.15) is 54.4 Å². The molecule has 2 unspecified atom stereocenters. The Hall–Kier alpha value is 0.518. The van der Waals surface area contributed by atoms with E-state index in [-0.39, 0.29) is 26.4 Å². The Balaban J connectivity index is 5.40. The number of rotatable bonds is 17. The predicted octanol–water partition coefficient (Wildman–Crippen LogP) is 5.24. The summed E-state index contributed by atoms with van der Waals surface area (Å²) in [6.45, 7) is 15.3. The van der Waals surface area contributed by atoms with Crippen molar-refractivity contribution in [3.8, 4) is 0 Å². The van der Waals surface area contributed by atoms with Crippen molar-refractivity contribution < 1.29 is 34.7 Å². The molecule has 0 amide bonds. The van der Waals surface area contributed by atoms with Crippen LogP contribution in [0.5, 0.6) is 0 Å². The molecular formula is C16H35AsO8P2. The molecule has 0 aromatic carbocycles. The molecule has 0 saturated heterocycles. The van der Waals surface area contributed by atoms with E-state index in [0.717, 1.165) is 0 Å². The van der Waals surface area contributed by atoms with Crippen molar-refractivity contribution in [3.05, 3.63) is 11.4 Å². The SMILES string of the molecule is C=C[As](OC(CC)P(=O)(OCC)OCC)OC(CC)P(=O)(OCC)OCC. The molecule has 0 rings (SSSR count). The van der Waals surface area contributed by atoms with E-state index in [4.69, 9.17) is 25.5 Å². The van der Waals surface area contributed by atoms with Gasteiger partial charge in [0.15, 0.2) is 0 Å². The van der Waals surface area contributed by atoms with E-state index in [9.17, 15) is 9.13 Å². The molecule has 0 N–H and O–H groups in total. The van der Waals surface area contributed by atoms with Gasteiger partial charge in [0.05, 0.1) is 0 Å². The van der Waals surface area contributed by atoms with Crippen molar-refractivity contribution in [3.63, 3.8) is 0 Å². The van der Waals surface area contributed by atoms with E-state index < -0.39 is 42.2 Å². The number of hydrogen-bond donors (Lipinski definition) is 0. The Morgan fingerprint density at radius 1 is 0.741 bits per heavy atom. The molecule has 0 aliphatic carbocycles. The van der Waals surface area contributed by atoms with Crippen LogP contribution in [0.4, 0.5) is 0 Å². The number of hydrogen-bond acceptors (Lipinski definition) is 8. The molecule has 162 valence electrons. The van der Waals surface area contributed by atoms with Gasteiger partial charge in [0, 0.05) is 0 Å². The summed E-state index contributed by atoms with van der Waals surface area (Å²) in [5, 5.41) is 0. The van der Waals surface area contributed by atoms with Gasteiger partial charge in [0.1, 0.15) is 0 Å². The third-order valence-corrected chi connectivity index (χ3v) is 11.4. The van der Waals surface area contributed by atoms with Gasteiger partial charge in [-0.3, -0.25) is 0 Å². The van der Waals surface area contributed by atoms with E-state index in [0.29, 0.717) is 12.8 Å². The van der Waals surface area contributed by atoms with Crippen LogP contribution in [0.15, 0.2) is 11.4 Å². The summed E-state index contributed by atoms with van der Waals surface area (Å²) >= 11 is -2.64. The zero-order valence-electron chi connectivity index (χ0n) is 17.3. The van der Waals surface area contributed by atoms with Gasteiger partial charge in [-0.05, 0) is 0 Å². The Kier molecular flexibility index (Phi) is 14.8. The van der Waals surface area contributed by atoms with Gasteiger partial charge in [-0.1, -0.05) is 0 Å². The average molecular weight is 492 g/mol. The van der Waals surface area contributed by atoms with Crippen LogP contribution in [0.25, 0.3) is 0 Å². The Morgan fingerprint density at radius 2 is 1.04 bits per heavy atom. The van der Waals surface area contributed by atoms with Crippen LogP contribution in [-0.2, 0) is 34.7 Å². The molecule has 27 heavy (non-hydrogen) atoms. The quantitative estimate of drug-likeness (QED) is 0.201. The second-order valence-electron chi connectivity index (χ2n) is 5.16. The van der Waals surface area contributed by atoms with Crippen LogP contribution >= 0.6 is 15.2 Å². The van der Waals surface area contributed by atoms with Gasteiger partial charge in [0.25, 0.3) is 0 Å². The van der Waals surface area contributed by atoms with Crippen molar-refractivity contribution >= 4 is 30.5 Å². The van der Waals surface area contributed by atoms with Crippen LogP contribution in [-0.4, -0.2) is 53.5 Å². The Bertz CT molecular complexity index is 445. The molecule has 0 heterocycles. The fourth-order valence-electron chi connectivity index (χ4n) is 2.19. The molecule has 0 aliphatic heterocycles.